The zero-order chi connectivity index (χ0) is 15.9. The number of carbonyl (C=O) groups excluding carboxylic acids is 1. The molecule has 3 nitrogen and oxygen atoms in total. The van der Waals surface area contributed by atoms with Crippen LogP contribution in [0.5, 0.6) is 0 Å². The fourth-order valence-corrected chi connectivity index (χ4v) is 2.84. The number of likely N-dealkylation sites (N-methyl/N-ethyl adjacent to an activating group) is 1. The zero-order valence-electron chi connectivity index (χ0n) is 13.2. The van der Waals surface area contributed by atoms with E-state index in [4.69, 9.17) is 0 Å². The van der Waals surface area contributed by atoms with Crippen molar-refractivity contribution in [3.05, 3.63) is 60.2 Å². The van der Waals surface area contributed by atoms with E-state index in [1.807, 2.05) is 60.7 Å². The molecule has 0 saturated carbocycles. The predicted molar refractivity (Wildman–Crippen MR) is 94.3 cm³/mol. The van der Waals surface area contributed by atoms with Gasteiger partial charge in [0.05, 0.1) is 12.2 Å². The van der Waals surface area contributed by atoms with Crippen LogP contribution in [0.4, 0.5) is 5.69 Å². The van der Waals surface area contributed by atoms with Crippen LogP contribution in [-0.4, -0.2) is 30.7 Å². The van der Waals surface area contributed by atoms with Gasteiger partial charge in [0.25, 0.3) is 0 Å². The number of rotatable bonds is 6. The first-order valence-electron chi connectivity index (χ1n) is 7.30. The summed E-state index contributed by atoms with van der Waals surface area (Å²) >= 11 is 1.63. The van der Waals surface area contributed by atoms with Crippen LogP contribution in [0.15, 0.2) is 59.5 Å². The lowest BCUT2D eigenvalue weighted by Crippen LogP contribution is -2.32. The van der Waals surface area contributed by atoms with Gasteiger partial charge < -0.3 is 5.32 Å². The van der Waals surface area contributed by atoms with Gasteiger partial charge in [0.15, 0.2) is 0 Å². The highest BCUT2D eigenvalue weighted by Crippen LogP contribution is 2.24. The van der Waals surface area contributed by atoms with Crippen molar-refractivity contribution in [1.29, 1.82) is 0 Å². The third-order valence-corrected chi connectivity index (χ3v) is 4.51. The number of para-hydroxylation sites is 1. The molecule has 0 radical (unpaired) electrons. The lowest BCUT2D eigenvalue weighted by atomic mass is 10.1. The van der Waals surface area contributed by atoms with Crippen molar-refractivity contribution in [3.63, 3.8) is 0 Å². The van der Waals surface area contributed by atoms with Crippen LogP contribution < -0.4 is 5.32 Å². The van der Waals surface area contributed by atoms with Gasteiger partial charge in [-0.3, -0.25) is 9.69 Å². The first-order chi connectivity index (χ1) is 10.6. The smallest absolute Gasteiger partial charge is 0.238 e. The number of nitrogens with zero attached hydrogens (tertiary/aromatic N) is 1. The second-order valence-corrected chi connectivity index (χ2v) is 6.10. The maximum atomic E-state index is 12.3. The van der Waals surface area contributed by atoms with Crippen LogP contribution in [-0.2, 0) is 4.79 Å². The summed E-state index contributed by atoms with van der Waals surface area (Å²) in [5, 5.41) is 3.00. The monoisotopic (exact) mass is 314 g/mol. The molecule has 116 valence electrons. The second kappa shape index (κ2) is 8.01. The van der Waals surface area contributed by atoms with Gasteiger partial charge in [-0.1, -0.05) is 42.5 Å². The molecule has 1 atom stereocenters. The molecule has 0 saturated heterocycles. The molecule has 0 aromatic heterocycles. The molecule has 4 heteroatoms. The highest BCUT2D eigenvalue weighted by Gasteiger charge is 2.15. The van der Waals surface area contributed by atoms with E-state index < -0.39 is 0 Å². The molecule has 0 fully saturated rings. The first-order valence-corrected chi connectivity index (χ1v) is 8.52. The highest BCUT2D eigenvalue weighted by atomic mass is 32.2. The van der Waals surface area contributed by atoms with Crippen molar-refractivity contribution in [3.8, 4) is 0 Å². The molecule has 2 aromatic rings. The van der Waals surface area contributed by atoms with Crippen LogP contribution in [0, 0.1) is 0 Å². The Labute approximate surface area is 136 Å². The van der Waals surface area contributed by atoms with Crippen LogP contribution >= 0.6 is 11.8 Å². The zero-order valence-corrected chi connectivity index (χ0v) is 14.1. The molecule has 0 heterocycles. The number of amides is 1. The summed E-state index contributed by atoms with van der Waals surface area (Å²) in [6, 6.07) is 18.3. The van der Waals surface area contributed by atoms with Crippen LogP contribution in [0.25, 0.3) is 0 Å². The Morgan fingerprint density at radius 3 is 2.45 bits per heavy atom. The van der Waals surface area contributed by atoms with Gasteiger partial charge in [0.2, 0.25) is 5.91 Å². The van der Waals surface area contributed by atoms with Gasteiger partial charge in [0.1, 0.15) is 0 Å². The van der Waals surface area contributed by atoms with E-state index in [2.05, 4.69) is 24.4 Å². The number of benzene rings is 2. The largest absolute Gasteiger partial charge is 0.324 e. The Morgan fingerprint density at radius 1 is 1.14 bits per heavy atom. The highest BCUT2D eigenvalue weighted by molar-refractivity contribution is 7.98. The molecule has 22 heavy (non-hydrogen) atoms. The third kappa shape index (κ3) is 4.36. The average Bonchev–Trinajstić information content (AvgIpc) is 2.55. The van der Waals surface area contributed by atoms with Crippen LogP contribution in [0.3, 0.4) is 0 Å². The maximum Gasteiger partial charge on any atom is 0.238 e. The van der Waals surface area contributed by atoms with E-state index in [0.717, 1.165) is 10.6 Å². The van der Waals surface area contributed by atoms with Gasteiger partial charge >= 0.3 is 0 Å². The maximum absolute atomic E-state index is 12.3. The van der Waals surface area contributed by atoms with Gasteiger partial charge in [0, 0.05) is 10.9 Å². The van der Waals surface area contributed by atoms with Crippen molar-refractivity contribution < 1.29 is 4.79 Å². The third-order valence-electron chi connectivity index (χ3n) is 3.72. The van der Waals surface area contributed by atoms with E-state index in [9.17, 15) is 4.79 Å². The van der Waals surface area contributed by atoms with Crippen molar-refractivity contribution in [2.75, 3.05) is 25.2 Å². The molecule has 0 spiro atoms. The summed E-state index contributed by atoms with van der Waals surface area (Å²) in [4.78, 5) is 15.4. The van der Waals surface area contributed by atoms with Crippen molar-refractivity contribution in [1.82, 2.24) is 4.90 Å². The Morgan fingerprint density at radius 2 is 1.77 bits per heavy atom. The first kappa shape index (κ1) is 16.6. The van der Waals surface area contributed by atoms with Gasteiger partial charge in [-0.15, -0.1) is 11.8 Å². The van der Waals surface area contributed by atoms with Crippen molar-refractivity contribution >= 4 is 23.4 Å². The Balaban J connectivity index is 1.97. The van der Waals surface area contributed by atoms with E-state index in [0.29, 0.717) is 6.54 Å². The molecular weight excluding hydrogens is 292 g/mol. The lowest BCUT2D eigenvalue weighted by molar-refractivity contribution is -0.117. The van der Waals surface area contributed by atoms with E-state index in [1.165, 1.54) is 5.56 Å². The summed E-state index contributed by atoms with van der Waals surface area (Å²) in [6.45, 7) is 2.47. The average molecular weight is 314 g/mol. The van der Waals surface area contributed by atoms with Crippen LogP contribution in [0.2, 0.25) is 0 Å². The fourth-order valence-electron chi connectivity index (χ4n) is 2.29. The summed E-state index contributed by atoms with van der Waals surface area (Å²) in [6.07, 6.45) is 2.01. The normalized spacial score (nSPS) is 12.2. The van der Waals surface area contributed by atoms with E-state index in [-0.39, 0.29) is 11.9 Å². The number of hydrogen-bond donors (Lipinski definition) is 1. The van der Waals surface area contributed by atoms with Crippen molar-refractivity contribution in [2.24, 2.45) is 0 Å². The molecular formula is C18H22N2OS. The van der Waals surface area contributed by atoms with Gasteiger partial charge in [-0.05, 0) is 37.9 Å². The Kier molecular flexibility index (Phi) is 6.04. The van der Waals surface area contributed by atoms with Gasteiger partial charge in [-0.2, -0.15) is 0 Å². The minimum atomic E-state index is 0.00628. The number of nitrogens with one attached hydrogen (secondary N) is 1. The number of hydrogen-bond acceptors (Lipinski definition) is 3. The summed E-state index contributed by atoms with van der Waals surface area (Å²) in [7, 11) is 1.97. The molecule has 0 aliphatic carbocycles. The molecule has 1 amide bonds. The van der Waals surface area contributed by atoms with E-state index in [1.54, 1.807) is 11.8 Å². The second-order valence-electron chi connectivity index (χ2n) is 5.25. The fraction of sp³-hybridized carbons (Fsp3) is 0.278. The molecule has 2 aromatic carbocycles. The molecule has 0 unspecified atom stereocenters. The van der Waals surface area contributed by atoms with Gasteiger partial charge in [-0.25, -0.2) is 0 Å². The summed E-state index contributed by atoms with van der Waals surface area (Å²) in [5.41, 5.74) is 2.09. The van der Waals surface area contributed by atoms with Crippen molar-refractivity contribution in [2.45, 2.75) is 17.9 Å². The number of thioether (sulfide) groups is 1. The Bertz CT molecular complexity index is 615. The van der Waals surface area contributed by atoms with Crippen LogP contribution in [0.1, 0.15) is 18.5 Å². The lowest BCUT2D eigenvalue weighted by Gasteiger charge is -2.24. The summed E-state index contributed by atoms with van der Waals surface area (Å²) < 4.78 is 0. The molecule has 0 bridgehead atoms. The molecule has 2 rings (SSSR count). The summed E-state index contributed by atoms with van der Waals surface area (Å²) in [5.74, 6) is 0.00628. The van der Waals surface area contributed by atoms with E-state index >= 15 is 0 Å². The predicted octanol–water partition coefficient (Wildman–Crippen LogP) is 4.04. The Hall–Kier alpha value is -1.78. The SMILES string of the molecule is CSc1ccccc1NC(=O)CN(C)[C@H](C)c1ccccc1. The molecule has 0 aliphatic heterocycles. The number of anilines is 1. The topological polar surface area (TPSA) is 32.3 Å². The minimum absolute atomic E-state index is 0.00628. The standard InChI is InChI=1S/C18H22N2OS/c1-14(15-9-5-4-6-10-15)20(2)13-18(21)19-16-11-7-8-12-17(16)22-3/h4-12,14H,13H2,1-3H3,(H,19,21)/t14-/m1/s1. The number of carbonyl (C=O) groups is 1. The quantitative estimate of drug-likeness (QED) is 0.817. The molecule has 1 N–H and O–H groups in total. The minimum Gasteiger partial charge on any atom is -0.324 e. The molecule has 0 aliphatic rings.